The molecule has 0 unspecified atom stereocenters. The van der Waals surface area contributed by atoms with E-state index in [0.717, 1.165) is 15.7 Å². The van der Waals surface area contributed by atoms with Crippen molar-refractivity contribution in [3.63, 3.8) is 0 Å². The third-order valence-corrected chi connectivity index (χ3v) is 3.27. The molecule has 6 heteroatoms. The van der Waals surface area contributed by atoms with Crippen molar-refractivity contribution in [1.29, 1.82) is 5.26 Å². The van der Waals surface area contributed by atoms with Crippen molar-refractivity contribution in [2.24, 2.45) is 0 Å². The Morgan fingerprint density at radius 2 is 2.20 bits per heavy atom. The van der Waals surface area contributed by atoms with Gasteiger partial charge in [-0.15, -0.1) is 5.10 Å². The smallest absolute Gasteiger partial charge is 0.243 e. The maximum absolute atomic E-state index is 8.87. The molecule has 0 radical (unpaired) electrons. The zero-order valence-electron chi connectivity index (χ0n) is 10.4. The molecule has 1 N–H and O–H groups in total. The van der Waals surface area contributed by atoms with Gasteiger partial charge in [0.25, 0.3) is 0 Å². The fraction of sp³-hybridized carbons (Fsp3) is 0.0714. The predicted octanol–water partition coefficient (Wildman–Crippen LogP) is 2.98. The number of hydrogen-bond acceptors (Lipinski definition) is 4. The Kier molecular flexibility index (Phi) is 3.35. The molecule has 3 aromatic rings. The minimum absolute atomic E-state index is 0.561. The highest BCUT2D eigenvalue weighted by molar-refractivity contribution is 9.10. The van der Waals surface area contributed by atoms with Crippen LogP contribution < -0.4 is 5.32 Å². The van der Waals surface area contributed by atoms with E-state index in [1.807, 2.05) is 36.5 Å². The lowest BCUT2D eigenvalue weighted by atomic mass is 10.1. The van der Waals surface area contributed by atoms with Crippen molar-refractivity contribution >= 4 is 27.5 Å². The van der Waals surface area contributed by atoms with Crippen LogP contribution in [0.2, 0.25) is 0 Å². The highest BCUT2D eigenvalue weighted by Gasteiger charge is 2.03. The summed E-state index contributed by atoms with van der Waals surface area (Å²) in [4.78, 5) is 4.37. The van der Waals surface area contributed by atoms with Crippen LogP contribution in [0.5, 0.6) is 0 Å². The number of nitriles is 1. The Balaban J connectivity index is 1.78. The van der Waals surface area contributed by atoms with Gasteiger partial charge in [0.1, 0.15) is 0 Å². The number of halogens is 1. The molecule has 0 bridgehead atoms. The highest BCUT2D eigenvalue weighted by atomic mass is 79.9. The van der Waals surface area contributed by atoms with Crippen molar-refractivity contribution in [3.8, 4) is 6.07 Å². The molecule has 0 aliphatic heterocycles. The number of nitrogens with one attached hydrogen (secondary N) is 1. The molecule has 0 amide bonds. The lowest BCUT2D eigenvalue weighted by molar-refractivity contribution is 0.946. The normalized spacial score (nSPS) is 10.4. The standard InChI is InChI=1S/C14H10BrN5/c15-12-4-5-13-18-14(19-20(13)9-12)17-8-11-3-1-2-10(6-11)7-16/h1-6,9H,8H2,(H,17,19). The molecule has 0 spiro atoms. The summed E-state index contributed by atoms with van der Waals surface area (Å²) in [5, 5.41) is 16.3. The first-order chi connectivity index (χ1) is 9.74. The minimum Gasteiger partial charge on any atom is -0.349 e. The summed E-state index contributed by atoms with van der Waals surface area (Å²) in [6.07, 6.45) is 1.85. The van der Waals surface area contributed by atoms with Gasteiger partial charge in [-0.2, -0.15) is 10.2 Å². The zero-order valence-corrected chi connectivity index (χ0v) is 12.0. The molecule has 5 nitrogen and oxygen atoms in total. The van der Waals surface area contributed by atoms with Gasteiger partial charge >= 0.3 is 0 Å². The maximum Gasteiger partial charge on any atom is 0.243 e. The second-order valence-corrected chi connectivity index (χ2v) is 5.17. The van der Waals surface area contributed by atoms with Gasteiger partial charge in [0, 0.05) is 17.2 Å². The van der Waals surface area contributed by atoms with E-state index >= 15 is 0 Å². The first kappa shape index (κ1) is 12.6. The summed E-state index contributed by atoms with van der Waals surface area (Å²) in [5.74, 6) is 0.561. The maximum atomic E-state index is 8.87. The topological polar surface area (TPSA) is 66.0 Å². The summed E-state index contributed by atoms with van der Waals surface area (Å²) in [6.45, 7) is 0.577. The third-order valence-electron chi connectivity index (χ3n) is 2.80. The first-order valence-electron chi connectivity index (χ1n) is 5.99. The van der Waals surface area contributed by atoms with Gasteiger partial charge in [-0.05, 0) is 45.8 Å². The molecule has 3 rings (SSSR count). The number of pyridine rings is 1. The highest BCUT2D eigenvalue weighted by Crippen LogP contribution is 2.13. The lowest BCUT2D eigenvalue weighted by Crippen LogP contribution is -2.01. The summed E-state index contributed by atoms with van der Waals surface area (Å²) < 4.78 is 2.65. The van der Waals surface area contributed by atoms with Crippen molar-refractivity contribution in [2.75, 3.05) is 5.32 Å². The average Bonchev–Trinajstić information content (AvgIpc) is 2.87. The fourth-order valence-corrected chi connectivity index (χ4v) is 2.19. The largest absolute Gasteiger partial charge is 0.349 e. The van der Waals surface area contributed by atoms with Gasteiger partial charge in [0.05, 0.1) is 11.6 Å². The molecule has 0 saturated heterocycles. The number of rotatable bonds is 3. The van der Waals surface area contributed by atoms with Gasteiger partial charge in [0.2, 0.25) is 5.95 Å². The number of hydrogen-bond donors (Lipinski definition) is 1. The molecule has 0 aliphatic carbocycles. The molecule has 98 valence electrons. The zero-order chi connectivity index (χ0) is 13.9. The van der Waals surface area contributed by atoms with Crippen LogP contribution >= 0.6 is 15.9 Å². The lowest BCUT2D eigenvalue weighted by Gasteiger charge is -2.01. The summed E-state index contributed by atoms with van der Waals surface area (Å²) in [7, 11) is 0. The molecular formula is C14H10BrN5. The van der Waals surface area contributed by atoms with E-state index in [9.17, 15) is 0 Å². The van der Waals surface area contributed by atoms with Gasteiger partial charge in [0.15, 0.2) is 5.65 Å². The van der Waals surface area contributed by atoms with Crippen molar-refractivity contribution in [1.82, 2.24) is 14.6 Å². The Bertz CT molecular complexity index is 803. The van der Waals surface area contributed by atoms with E-state index < -0.39 is 0 Å². The molecule has 0 fully saturated rings. The number of nitrogens with zero attached hydrogens (tertiary/aromatic N) is 4. The minimum atomic E-state index is 0.561. The van der Waals surface area contributed by atoms with Gasteiger partial charge < -0.3 is 5.32 Å². The van der Waals surface area contributed by atoms with Crippen molar-refractivity contribution in [3.05, 3.63) is 58.2 Å². The fourth-order valence-electron chi connectivity index (χ4n) is 1.86. The number of benzene rings is 1. The second kappa shape index (κ2) is 5.31. The van der Waals surface area contributed by atoms with Crippen LogP contribution in [0.4, 0.5) is 5.95 Å². The number of anilines is 1. The van der Waals surface area contributed by atoms with Crippen LogP contribution in [-0.2, 0) is 6.54 Å². The third kappa shape index (κ3) is 2.63. The molecule has 1 aromatic carbocycles. The molecule has 2 heterocycles. The van der Waals surface area contributed by atoms with E-state index in [2.05, 4.69) is 37.4 Å². The Hall–Kier alpha value is -2.39. The Morgan fingerprint density at radius 3 is 3.05 bits per heavy atom. The van der Waals surface area contributed by atoms with Gasteiger partial charge in [-0.3, -0.25) is 0 Å². The Labute approximate surface area is 124 Å². The van der Waals surface area contributed by atoms with Crippen LogP contribution in [0.1, 0.15) is 11.1 Å². The second-order valence-electron chi connectivity index (χ2n) is 4.25. The summed E-state index contributed by atoms with van der Waals surface area (Å²) in [6, 6.07) is 13.4. The average molecular weight is 328 g/mol. The van der Waals surface area contributed by atoms with E-state index in [4.69, 9.17) is 5.26 Å². The quantitative estimate of drug-likeness (QED) is 0.803. The predicted molar refractivity (Wildman–Crippen MR) is 79.2 cm³/mol. The molecular weight excluding hydrogens is 318 g/mol. The van der Waals surface area contributed by atoms with Crippen LogP contribution in [0.15, 0.2) is 47.1 Å². The summed E-state index contributed by atoms with van der Waals surface area (Å²) >= 11 is 3.39. The van der Waals surface area contributed by atoms with E-state index in [-0.39, 0.29) is 0 Å². The first-order valence-corrected chi connectivity index (χ1v) is 6.79. The van der Waals surface area contributed by atoms with Crippen molar-refractivity contribution in [2.45, 2.75) is 6.54 Å². The number of aromatic nitrogens is 3. The van der Waals surface area contributed by atoms with Crippen molar-refractivity contribution < 1.29 is 0 Å². The van der Waals surface area contributed by atoms with E-state index in [1.165, 1.54) is 0 Å². The molecule has 20 heavy (non-hydrogen) atoms. The van der Waals surface area contributed by atoms with Gasteiger partial charge in [-0.25, -0.2) is 4.52 Å². The van der Waals surface area contributed by atoms with E-state index in [1.54, 1.807) is 10.6 Å². The summed E-state index contributed by atoms with van der Waals surface area (Å²) in [5.41, 5.74) is 2.45. The van der Waals surface area contributed by atoms with Crippen LogP contribution in [0.25, 0.3) is 5.65 Å². The number of fused-ring (bicyclic) bond motifs is 1. The van der Waals surface area contributed by atoms with Gasteiger partial charge in [-0.1, -0.05) is 12.1 Å². The van der Waals surface area contributed by atoms with E-state index in [0.29, 0.717) is 18.1 Å². The molecule has 0 aliphatic rings. The van der Waals surface area contributed by atoms with Crippen LogP contribution in [-0.4, -0.2) is 14.6 Å². The van der Waals surface area contributed by atoms with Crippen LogP contribution in [0.3, 0.4) is 0 Å². The Morgan fingerprint density at radius 1 is 1.30 bits per heavy atom. The van der Waals surface area contributed by atoms with Crippen LogP contribution in [0, 0.1) is 11.3 Å². The SMILES string of the molecule is N#Cc1cccc(CNc2nc3ccc(Br)cn3n2)c1. The molecule has 0 saturated carbocycles. The monoisotopic (exact) mass is 327 g/mol. The molecule has 2 aromatic heterocycles. The molecule has 0 atom stereocenters.